The SMILES string of the molecule is CCCNCC1CCCN1Cc1nccc(OC)c1OC. The first kappa shape index (κ1) is 16.0. The molecular weight excluding hydrogens is 266 g/mol. The third-order valence-electron chi connectivity index (χ3n) is 4.02. The fraction of sp³-hybridized carbons (Fsp3) is 0.688. The Morgan fingerprint density at radius 2 is 2.24 bits per heavy atom. The molecular formula is C16H27N3O2. The third-order valence-corrected chi connectivity index (χ3v) is 4.02. The molecule has 0 spiro atoms. The van der Waals surface area contributed by atoms with E-state index in [1.54, 1.807) is 20.4 Å². The number of nitrogens with one attached hydrogen (secondary N) is 1. The van der Waals surface area contributed by atoms with Gasteiger partial charge in [-0.1, -0.05) is 6.92 Å². The summed E-state index contributed by atoms with van der Waals surface area (Å²) < 4.78 is 10.8. The summed E-state index contributed by atoms with van der Waals surface area (Å²) in [4.78, 5) is 6.98. The zero-order valence-corrected chi connectivity index (χ0v) is 13.4. The van der Waals surface area contributed by atoms with Crippen LogP contribution in [0.15, 0.2) is 12.3 Å². The molecule has 1 aliphatic rings. The molecule has 1 fully saturated rings. The molecule has 1 saturated heterocycles. The van der Waals surface area contributed by atoms with Crippen molar-refractivity contribution >= 4 is 0 Å². The molecule has 1 unspecified atom stereocenters. The van der Waals surface area contributed by atoms with Crippen molar-refractivity contribution in [2.24, 2.45) is 0 Å². The van der Waals surface area contributed by atoms with Crippen LogP contribution in [-0.2, 0) is 6.54 Å². The quantitative estimate of drug-likeness (QED) is 0.743. The highest BCUT2D eigenvalue weighted by atomic mass is 16.5. The summed E-state index contributed by atoms with van der Waals surface area (Å²) in [5.74, 6) is 1.51. The molecule has 1 aromatic rings. The molecule has 21 heavy (non-hydrogen) atoms. The van der Waals surface area contributed by atoms with Crippen LogP contribution in [0, 0.1) is 0 Å². The predicted molar refractivity (Wildman–Crippen MR) is 83.9 cm³/mol. The summed E-state index contributed by atoms with van der Waals surface area (Å²) in [6, 6.07) is 2.43. The Morgan fingerprint density at radius 1 is 1.38 bits per heavy atom. The van der Waals surface area contributed by atoms with E-state index in [9.17, 15) is 0 Å². The van der Waals surface area contributed by atoms with E-state index < -0.39 is 0 Å². The van der Waals surface area contributed by atoms with Gasteiger partial charge >= 0.3 is 0 Å². The zero-order valence-electron chi connectivity index (χ0n) is 13.4. The third kappa shape index (κ3) is 4.08. The molecule has 0 radical (unpaired) electrons. The molecule has 118 valence electrons. The van der Waals surface area contributed by atoms with Gasteiger partial charge in [-0.2, -0.15) is 0 Å². The molecule has 1 aliphatic heterocycles. The van der Waals surface area contributed by atoms with E-state index in [4.69, 9.17) is 9.47 Å². The lowest BCUT2D eigenvalue weighted by molar-refractivity contribution is 0.231. The Bertz CT molecular complexity index is 440. The van der Waals surface area contributed by atoms with Gasteiger partial charge in [-0.25, -0.2) is 0 Å². The van der Waals surface area contributed by atoms with Crippen LogP contribution in [0.4, 0.5) is 0 Å². The van der Waals surface area contributed by atoms with Gasteiger partial charge in [0.2, 0.25) is 0 Å². The van der Waals surface area contributed by atoms with Gasteiger partial charge in [0.25, 0.3) is 0 Å². The van der Waals surface area contributed by atoms with E-state index in [0.717, 1.165) is 43.4 Å². The normalized spacial score (nSPS) is 18.9. The van der Waals surface area contributed by atoms with Crippen LogP contribution in [0.1, 0.15) is 31.9 Å². The van der Waals surface area contributed by atoms with Crippen molar-refractivity contribution in [2.45, 2.75) is 38.8 Å². The summed E-state index contributed by atoms with van der Waals surface area (Å²) in [7, 11) is 3.34. The first-order valence-electron chi connectivity index (χ1n) is 7.80. The minimum Gasteiger partial charge on any atom is -0.493 e. The second-order valence-electron chi connectivity index (χ2n) is 5.46. The largest absolute Gasteiger partial charge is 0.493 e. The monoisotopic (exact) mass is 293 g/mol. The highest BCUT2D eigenvalue weighted by Crippen LogP contribution is 2.31. The van der Waals surface area contributed by atoms with Crippen molar-refractivity contribution in [2.75, 3.05) is 33.9 Å². The van der Waals surface area contributed by atoms with Crippen molar-refractivity contribution < 1.29 is 9.47 Å². The van der Waals surface area contributed by atoms with Gasteiger partial charge in [0, 0.05) is 31.4 Å². The lowest BCUT2D eigenvalue weighted by Gasteiger charge is -2.25. The van der Waals surface area contributed by atoms with Crippen molar-refractivity contribution in [1.82, 2.24) is 15.2 Å². The number of methoxy groups -OCH3 is 2. The second-order valence-corrected chi connectivity index (χ2v) is 5.46. The lowest BCUT2D eigenvalue weighted by atomic mass is 10.2. The van der Waals surface area contributed by atoms with E-state index in [0.29, 0.717) is 6.04 Å². The van der Waals surface area contributed by atoms with E-state index >= 15 is 0 Å². The van der Waals surface area contributed by atoms with Gasteiger partial charge in [-0.15, -0.1) is 0 Å². The zero-order chi connectivity index (χ0) is 15.1. The predicted octanol–water partition coefficient (Wildman–Crippen LogP) is 2.06. The van der Waals surface area contributed by atoms with E-state index in [1.807, 2.05) is 6.07 Å². The lowest BCUT2D eigenvalue weighted by Crippen LogP contribution is -2.38. The Kier molecular flexibility index (Phi) is 6.26. The number of pyridine rings is 1. The number of likely N-dealkylation sites (tertiary alicyclic amines) is 1. The number of aromatic nitrogens is 1. The average Bonchev–Trinajstić information content (AvgIpc) is 2.94. The fourth-order valence-electron chi connectivity index (χ4n) is 2.94. The first-order valence-corrected chi connectivity index (χ1v) is 7.80. The molecule has 2 rings (SSSR count). The Hall–Kier alpha value is -1.33. The first-order chi connectivity index (χ1) is 10.3. The molecule has 1 N–H and O–H groups in total. The Balaban J connectivity index is 2.03. The van der Waals surface area contributed by atoms with Crippen LogP contribution in [0.2, 0.25) is 0 Å². The standard InChI is InChI=1S/C16H27N3O2/c1-4-8-17-11-13-6-5-10-19(13)12-14-16(21-3)15(20-2)7-9-18-14/h7,9,13,17H,4-6,8,10-12H2,1-3H3. The molecule has 0 aromatic carbocycles. The summed E-state index contributed by atoms with van der Waals surface area (Å²) >= 11 is 0. The smallest absolute Gasteiger partial charge is 0.183 e. The number of ether oxygens (including phenoxy) is 2. The van der Waals surface area contributed by atoms with Crippen LogP contribution in [0.5, 0.6) is 11.5 Å². The Labute approximate surface area is 127 Å². The van der Waals surface area contributed by atoms with E-state index in [2.05, 4.69) is 22.1 Å². The van der Waals surface area contributed by atoms with E-state index in [1.165, 1.54) is 19.3 Å². The maximum atomic E-state index is 5.48. The number of rotatable bonds is 8. The minimum absolute atomic E-state index is 0.592. The average molecular weight is 293 g/mol. The second kappa shape index (κ2) is 8.20. The maximum Gasteiger partial charge on any atom is 0.183 e. The van der Waals surface area contributed by atoms with E-state index in [-0.39, 0.29) is 0 Å². The van der Waals surface area contributed by atoms with Crippen molar-refractivity contribution in [3.63, 3.8) is 0 Å². The number of hydrogen-bond donors (Lipinski definition) is 1. The number of hydrogen-bond acceptors (Lipinski definition) is 5. The molecule has 5 heteroatoms. The van der Waals surface area contributed by atoms with Crippen molar-refractivity contribution in [1.29, 1.82) is 0 Å². The molecule has 1 aromatic heterocycles. The topological polar surface area (TPSA) is 46.6 Å². The van der Waals surface area contributed by atoms with Crippen LogP contribution in [0.3, 0.4) is 0 Å². The maximum absolute atomic E-state index is 5.48. The Morgan fingerprint density at radius 3 is 2.95 bits per heavy atom. The number of nitrogens with zero attached hydrogens (tertiary/aromatic N) is 2. The molecule has 1 atom stereocenters. The summed E-state index contributed by atoms with van der Waals surface area (Å²) in [5.41, 5.74) is 0.958. The molecule has 0 saturated carbocycles. The van der Waals surface area contributed by atoms with Crippen LogP contribution in [0.25, 0.3) is 0 Å². The van der Waals surface area contributed by atoms with Gasteiger partial charge in [0.1, 0.15) is 5.69 Å². The minimum atomic E-state index is 0.592. The van der Waals surface area contributed by atoms with Crippen LogP contribution >= 0.6 is 0 Å². The van der Waals surface area contributed by atoms with Gasteiger partial charge < -0.3 is 14.8 Å². The molecule has 0 amide bonds. The van der Waals surface area contributed by atoms with Gasteiger partial charge in [0.15, 0.2) is 11.5 Å². The highest BCUT2D eigenvalue weighted by molar-refractivity contribution is 5.42. The molecule has 0 bridgehead atoms. The summed E-state index contributed by atoms with van der Waals surface area (Å²) in [5, 5.41) is 3.53. The summed E-state index contributed by atoms with van der Waals surface area (Å²) in [6.45, 7) is 6.29. The van der Waals surface area contributed by atoms with Crippen LogP contribution in [-0.4, -0.2) is 49.8 Å². The van der Waals surface area contributed by atoms with Crippen molar-refractivity contribution in [3.8, 4) is 11.5 Å². The van der Waals surface area contributed by atoms with Crippen LogP contribution < -0.4 is 14.8 Å². The van der Waals surface area contributed by atoms with Gasteiger partial charge in [-0.05, 0) is 32.4 Å². The van der Waals surface area contributed by atoms with Gasteiger partial charge in [-0.3, -0.25) is 9.88 Å². The fourth-order valence-corrected chi connectivity index (χ4v) is 2.94. The van der Waals surface area contributed by atoms with Gasteiger partial charge in [0.05, 0.1) is 14.2 Å². The highest BCUT2D eigenvalue weighted by Gasteiger charge is 2.26. The molecule has 0 aliphatic carbocycles. The summed E-state index contributed by atoms with van der Waals surface area (Å²) in [6.07, 6.45) is 5.48. The molecule has 5 nitrogen and oxygen atoms in total. The van der Waals surface area contributed by atoms with Crippen molar-refractivity contribution in [3.05, 3.63) is 18.0 Å². The molecule has 2 heterocycles.